The fraction of sp³-hybridized carbons (Fsp3) is 0.467. The Hall–Kier alpha value is -1.84. The van der Waals surface area contributed by atoms with E-state index in [0.29, 0.717) is 0 Å². The molecule has 4 heteroatoms. The van der Waals surface area contributed by atoms with Gasteiger partial charge in [0.25, 0.3) is 5.91 Å². The van der Waals surface area contributed by atoms with Crippen LogP contribution < -0.4 is 0 Å². The minimum Gasteiger partial charge on any atom is -0.338 e. The van der Waals surface area contributed by atoms with Gasteiger partial charge >= 0.3 is 0 Å². The summed E-state index contributed by atoms with van der Waals surface area (Å²) in [6, 6.07) is 5.78. The molecule has 2 aromatic rings. The monoisotopic (exact) mass is 257 g/mol. The van der Waals surface area contributed by atoms with Crippen LogP contribution in [0.2, 0.25) is 0 Å². The Bertz CT molecular complexity index is 586. The van der Waals surface area contributed by atoms with Gasteiger partial charge in [0.2, 0.25) is 0 Å². The van der Waals surface area contributed by atoms with E-state index in [0.717, 1.165) is 41.9 Å². The first kappa shape index (κ1) is 12.2. The molecule has 1 aliphatic rings. The number of hydrogen-bond donors (Lipinski definition) is 1. The van der Waals surface area contributed by atoms with Gasteiger partial charge in [0.05, 0.1) is 17.3 Å². The van der Waals surface area contributed by atoms with Crippen molar-refractivity contribution in [3.8, 4) is 0 Å². The summed E-state index contributed by atoms with van der Waals surface area (Å²) in [7, 11) is 0. The molecule has 3 rings (SSSR count). The van der Waals surface area contributed by atoms with Crippen molar-refractivity contribution in [1.29, 1.82) is 0 Å². The van der Waals surface area contributed by atoms with Gasteiger partial charge in [-0.25, -0.2) is 0 Å². The molecular formula is C15H19N3O. The highest BCUT2D eigenvalue weighted by atomic mass is 16.2. The maximum absolute atomic E-state index is 12.7. The summed E-state index contributed by atoms with van der Waals surface area (Å²) in [6.07, 6.45) is 5.29. The third kappa shape index (κ3) is 2.48. The third-order valence-electron chi connectivity index (χ3n) is 3.66. The number of fused-ring (bicyclic) bond motifs is 1. The van der Waals surface area contributed by atoms with E-state index in [-0.39, 0.29) is 5.91 Å². The van der Waals surface area contributed by atoms with Crippen LogP contribution in [-0.4, -0.2) is 34.1 Å². The number of carbonyl (C=O) groups is 1. The van der Waals surface area contributed by atoms with Gasteiger partial charge in [-0.3, -0.25) is 9.89 Å². The van der Waals surface area contributed by atoms with Crippen LogP contribution in [0.15, 0.2) is 24.4 Å². The quantitative estimate of drug-likeness (QED) is 0.895. The first-order valence-corrected chi connectivity index (χ1v) is 7.01. The number of amides is 1. The molecule has 1 aromatic carbocycles. The molecule has 0 saturated heterocycles. The van der Waals surface area contributed by atoms with Crippen LogP contribution in [0, 0.1) is 5.92 Å². The van der Waals surface area contributed by atoms with E-state index < -0.39 is 0 Å². The number of rotatable bonds is 5. The fourth-order valence-corrected chi connectivity index (χ4v) is 2.48. The van der Waals surface area contributed by atoms with Crippen molar-refractivity contribution >= 4 is 16.8 Å². The van der Waals surface area contributed by atoms with E-state index in [1.807, 2.05) is 23.1 Å². The second-order valence-electron chi connectivity index (χ2n) is 5.33. The maximum atomic E-state index is 12.7. The average Bonchev–Trinajstić information content (AvgIpc) is 3.11. The number of para-hydroxylation sites is 1. The number of carbonyl (C=O) groups excluding carboxylic acids is 1. The van der Waals surface area contributed by atoms with E-state index in [1.54, 1.807) is 6.20 Å². The topological polar surface area (TPSA) is 49.0 Å². The van der Waals surface area contributed by atoms with E-state index >= 15 is 0 Å². The Balaban J connectivity index is 1.89. The Labute approximate surface area is 112 Å². The van der Waals surface area contributed by atoms with Crippen molar-refractivity contribution in [2.24, 2.45) is 5.92 Å². The highest BCUT2D eigenvalue weighted by Gasteiger charge is 2.27. The Morgan fingerprint density at radius 3 is 3.05 bits per heavy atom. The van der Waals surface area contributed by atoms with Gasteiger partial charge in [0.15, 0.2) is 0 Å². The molecule has 19 heavy (non-hydrogen) atoms. The minimum absolute atomic E-state index is 0.128. The first-order chi connectivity index (χ1) is 9.29. The zero-order valence-electron chi connectivity index (χ0n) is 11.2. The molecule has 0 radical (unpaired) electrons. The summed E-state index contributed by atoms with van der Waals surface area (Å²) in [6.45, 7) is 3.85. The van der Waals surface area contributed by atoms with Crippen molar-refractivity contribution < 1.29 is 4.79 Å². The highest BCUT2D eigenvalue weighted by Crippen LogP contribution is 2.30. The molecule has 1 aliphatic carbocycles. The van der Waals surface area contributed by atoms with Crippen LogP contribution in [0.1, 0.15) is 36.5 Å². The molecular weight excluding hydrogens is 238 g/mol. The lowest BCUT2D eigenvalue weighted by Gasteiger charge is -2.22. The molecule has 0 unspecified atom stereocenters. The lowest BCUT2D eigenvalue weighted by molar-refractivity contribution is 0.0749. The van der Waals surface area contributed by atoms with Crippen molar-refractivity contribution in [2.75, 3.05) is 13.1 Å². The second-order valence-corrected chi connectivity index (χ2v) is 5.33. The fourth-order valence-electron chi connectivity index (χ4n) is 2.48. The van der Waals surface area contributed by atoms with Gasteiger partial charge in [0, 0.05) is 18.5 Å². The zero-order chi connectivity index (χ0) is 13.2. The number of hydrogen-bond acceptors (Lipinski definition) is 2. The number of aromatic nitrogens is 2. The Kier molecular flexibility index (Phi) is 3.23. The first-order valence-electron chi connectivity index (χ1n) is 7.01. The molecule has 0 aliphatic heterocycles. The molecule has 1 saturated carbocycles. The second kappa shape index (κ2) is 5.03. The van der Waals surface area contributed by atoms with Gasteiger partial charge in [-0.1, -0.05) is 19.1 Å². The summed E-state index contributed by atoms with van der Waals surface area (Å²) in [5.74, 6) is 0.847. The van der Waals surface area contributed by atoms with E-state index in [4.69, 9.17) is 0 Å². The van der Waals surface area contributed by atoms with Crippen LogP contribution in [0.5, 0.6) is 0 Å². The number of nitrogens with one attached hydrogen (secondary N) is 1. The largest absolute Gasteiger partial charge is 0.338 e. The highest BCUT2D eigenvalue weighted by molar-refractivity contribution is 6.05. The van der Waals surface area contributed by atoms with Crippen molar-refractivity contribution in [3.05, 3.63) is 30.0 Å². The van der Waals surface area contributed by atoms with Crippen molar-refractivity contribution in [2.45, 2.75) is 26.2 Å². The van der Waals surface area contributed by atoms with Crippen LogP contribution in [0.4, 0.5) is 0 Å². The van der Waals surface area contributed by atoms with Gasteiger partial charge < -0.3 is 4.90 Å². The van der Waals surface area contributed by atoms with E-state index in [1.165, 1.54) is 12.8 Å². The summed E-state index contributed by atoms with van der Waals surface area (Å²) >= 11 is 0. The van der Waals surface area contributed by atoms with Crippen LogP contribution in [-0.2, 0) is 0 Å². The molecule has 0 atom stereocenters. The van der Waals surface area contributed by atoms with Crippen molar-refractivity contribution in [1.82, 2.24) is 15.1 Å². The predicted octanol–water partition coefficient (Wildman–Crippen LogP) is 2.83. The maximum Gasteiger partial charge on any atom is 0.256 e. The van der Waals surface area contributed by atoms with Gasteiger partial charge in [-0.15, -0.1) is 0 Å². The Morgan fingerprint density at radius 1 is 1.47 bits per heavy atom. The average molecular weight is 257 g/mol. The number of benzene rings is 1. The molecule has 0 spiro atoms. The van der Waals surface area contributed by atoms with Crippen molar-refractivity contribution in [3.63, 3.8) is 0 Å². The molecule has 0 bridgehead atoms. The SMILES string of the molecule is CCCN(CC1CC1)C(=O)c1cccc2cn[nH]c12. The predicted molar refractivity (Wildman–Crippen MR) is 75.0 cm³/mol. The molecule has 1 N–H and O–H groups in total. The van der Waals surface area contributed by atoms with Gasteiger partial charge in [-0.05, 0) is 31.2 Å². The zero-order valence-corrected chi connectivity index (χ0v) is 11.2. The lowest BCUT2D eigenvalue weighted by atomic mass is 10.1. The molecule has 1 amide bonds. The lowest BCUT2D eigenvalue weighted by Crippen LogP contribution is -2.33. The summed E-state index contributed by atoms with van der Waals surface area (Å²) in [4.78, 5) is 14.7. The minimum atomic E-state index is 0.128. The third-order valence-corrected chi connectivity index (χ3v) is 3.66. The summed E-state index contributed by atoms with van der Waals surface area (Å²) in [5.41, 5.74) is 1.59. The van der Waals surface area contributed by atoms with Crippen LogP contribution in [0.25, 0.3) is 10.9 Å². The molecule has 1 aromatic heterocycles. The number of nitrogens with zero attached hydrogens (tertiary/aromatic N) is 2. The standard InChI is InChI=1S/C15H19N3O/c1-2-8-18(10-11-6-7-11)15(19)13-5-3-4-12-9-16-17-14(12)13/h3-5,9,11H,2,6-8,10H2,1H3,(H,16,17). The van der Waals surface area contributed by atoms with Crippen LogP contribution in [0.3, 0.4) is 0 Å². The number of H-pyrrole nitrogens is 1. The Morgan fingerprint density at radius 2 is 2.32 bits per heavy atom. The van der Waals surface area contributed by atoms with Gasteiger partial charge in [-0.2, -0.15) is 5.10 Å². The number of aromatic amines is 1. The summed E-state index contributed by atoms with van der Waals surface area (Å²) < 4.78 is 0. The normalized spacial score (nSPS) is 14.8. The molecule has 100 valence electrons. The van der Waals surface area contributed by atoms with E-state index in [9.17, 15) is 4.79 Å². The smallest absolute Gasteiger partial charge is 0.256 e. The summed E-state index contributed by atoms with van der Waals surface area (Å²) in [5, 5.41) is 7.96. The molecule has 1 heterocycles. The van der Waals surface area contributed by atoms with Gasteiger partial charge in [0.1, 0.15) is 0 Å². The molecule has 4 nitrogen and oxygen atoms in total. The van der Waals surface area contributed by atoms with E-state index in [2.05, 4.69) is 17.1 Å². The molecule has 1 fully saturated rings. The van der Waals surface area contributed by atoms with Crippen LogP contribution >= 0.6 is 0 Å².